The molecule has 2 heterocycles. The van der Waals surface area contributed by atoms with Gasteiger partial charge in [-0.2, -0.15) is 0 Å². The lowest BCUT2D eigenvalue weighted by Crippen LogP contribution is -2.14. The summed E-state index contributed by atoms with van der Waals surface area (Å²) >= 11 is 0. The molecule has 3 rings (SSSR count). The number of hydrogen-bond donors (Lipinski definition) is 0. The molecule has 0 fully saturated rings. The third-order valence-electron chi connectivity index (χ3n) is 4.54. The lowest BCUT2D eigenvalue weighted by molar-refractivity contribution is -0.390. The van der Waals surface area contributed by atoms with Crippen molar-refractivity contribution in [2.75, 3.05) is 6.61 Å². The van der Waals surface area contributed by atoms with Crippen LogP contribution in [-0.4, -0.2) is 31.8 Å². The molecule has 0 radical (unpaired) electrons. The van der Waals surface area contributed by atoms with Crippen LogP contribution in [0.25, 0.3) is 5.69 Å². The van der Waals surface area contributed by atoms with E-state index in [4.69, 9.17) is 4.74 Å². The van der Waals surface area contributed by atoms with Crippen LogP contribution in [0, 0.1) is 41.0 Å². The standard InChI is InChI=1S/C20H18N4O6/c1-12-7-8-19(20(21-12)24(28)29)30-11-18(25)17-9-13(2)22(14(17)3)15-5-4-6-16(10-15)23(26)27/h4-10H,11H2,1-3H3. The summed E-state index contributed by atoms with van der Waals surface area (Å²) in [7, 11) is 0. The number of non-ortho nitro benzene ring substituents is 1. The fourth-order valence-electron chi connectivity index (χ4n) is 3.18. The molecule has 0 saturated heterocycles. The average Bonchev–Trinajstić information content (AvgIpc) is 3.00. The molecule has 2 aromatic heterocycles. The average molecular weight is 410 g/mol. The largest absolute Gasteiger partial charge is 0.477 e. The molecule has 0 N–H and O–H groups in total. The zero-order valence-corrected chi connectivity index (χ0v) is 16.5. The van der Waals surface area contributed by atoms with E-state index in [1.807, 2.05) is 0 Å². The van der Waals surface area contributed by atoms with Gasteiger partial charge in [-0.25, -0.2) is 0 Å². The Morgan fingerprint density at radius 3 is 2.47 bits per heavy atom. The second kappa shape index (κ2) is 8.11. The fraction of sp³-hybridized carbons (Fsp3) is 0.200. The number of ether oxygens (including phenoxy) is 1. The van der Waals surface area contributed by atoms with Gasteiger partial charge in [-0.05, 0) is 48.0 Å². The fourth-order valence-corrected chi connectivity index (χ4v) is 3.18. The Balaban J connectivity index is 1.87. The monoisotopic (exact) mass is 410 g/mol. The molecule has 0 amide bonds. The Hall–Kier alpha value is -4.08. The first-order valence-corrected chi connectivity index (χ1v) is 8.91. The molecule has 0 aliphatic carbocycles. The number of pyridine rings is 1. The number of nitrogens with zero attached hydrogens (tertiary/aromatic N) is 4. The molecule has 0 aliphatic heterocycles. The maximum absolute atomic E-state index is 12.7. The molecule has 10 heteroatoms. The van der Waals surface area contributed by atoms with Crippen LogP contribution in [0.4, 0.5) is 11.5 Å². The molecule has 10 nitrogen and oxygen atoms in total. The molecule has 0 spiro atoms. The third kappa shape index (κ3) is 4.02. The van der Waals surface area contributed by atoms with Gasteiger partial charge in [0, 0.05) is 36.0 Å². The van der Waals surface area contributed by atoms with Gasteiger partial charge in [-0.1, -0.05) is 6.07 Å². The molecule has 0 bridgehead atoms. The quantitative estimate of drug-likeness (QED) is 0.328. The highest BCUT2D eigenvalue weighted by atomic mass is 16.6. The van der Waals surface area contributed by atoms with Crippen molar-refractivity contribution in [1.29, 1.82) is 0 Å². The number of nitro benzene ring substituents is 1. The Labute approximate surface area is 171 Å². The van der Waals surface area contributed by atoms with Gasteiger partial charge in [0.15, 0.2) is 6.61 Å². The van der Waals surface area contributed by atoms with Crippen LogP contribution in [0.5, 0.6) is 5.75 Å². The highest BCUT2D eigenvalue weighted by Crippen LogP contribution is 2.26. The molecular weight excluding hydrogens is 392 g/mol. The summed E-state index contributed by atoms with van der Waals surface area (Å²) in [6, 6.07) is 10.7. The van der Waals surface area contributed by atoms with E-state index in [0.717, 1.165) is 0 Å². The first-order chi connectivity index (χ1) is 14.2. The number of hydrogen-bond acceptors (Lipinski definition) is 7. The van der Waals surface area contributed by atoms with E-state index >= 15 is 0 Å². The van der Waals surface area contributed by atoms with E-state index in [0.29, 0.717) is 28.3 Å². The van der Waals surface area contributed by atoms with Crippen LogP contribution in [0.2, 0.25) is 0 Å². The summed E-state index contributed by atoms with van der Waals surface area (Å²) in [5.74, 6) is -0.925. The number of ketones is 1. The van der Waals surface area contributed by atoms with Crippen molar-refractivity contribution in [3.8, 4) is 11.4 Å². The number of aryl methyl sites for hydroxylation is 2. The Morgan fingerprint density at radius 1 is 1.07 bits per heavy atom. The first kappa shape index (κ1) is 20.6. The van der Waals surface area contributed by atoms with E-state index in [9.17, 15) is 25.0 Å². The summed E-state index contributed by atoms with van der Waals surface area (Å²) < 4.78 is 7.11. The lowest BCUT2D eigenvalue weighted by atomic mass is 10.1. The minimum Gasteiger partial charge on any atom is -0.477 e. The predicted molar refractivity (Wildman–Crippen MR) is 107 cm³/mol. The van der Waals surface area contributed by atoms with Gasteiger partial charge in [-0.15, -0.1) is 0 Å². The Kier molecular flexibility index (Phi) is 5.58. The molecule has 0 saturated carbocycles. The van der Waals surface area contributed by atoms with E-state index in [1.165, 1.54) is 18.2 Å². The van der Waals surface area contributed by atoms with Crippen LogP contribution < -0.4 is 4.74 Å². The van der Waals surface area contributed by atoms with E-state index in [2.05, 4.69) is 4.98 Å². The maximum Gasteiger partial charge on any atom is 0.406 e. The van der Waals surface area contributed by atoms with Crippen molar-refractivity contribution in [3.63, 3.8) is 0 Å². The molecule has 3 aromatic rings. The molecule has 0 atom stereocenters. The zero-order valence-electron chi connectivity index (χ0n) is 16.5. The van der Waals surface area contributed by atoms with Gasteiger partial charge < -0.3 is 19.4 Å². The van der Waals surface area contributed by atoms with E-state index < -0.39 is 22.3 Å². The topological polar surface area (TPSA) is 130 Å². The van der Waals surface area contributed by atoms with Crippen molar-refractivity contribution in [3.05, 3.63) is 85.3 Å². The normalized spacial score (nSPS) is 10.6. The van der Waals surface area contributed by atoms with Gasteiger partial charge in [-0.3, -0.25) is 14.9 Å². The van der Waals surface area contributed by atoms with Gasteiger partial charge in [0.25, 0.3) is 5.69 Å². The summed E-state index contributed by atoms with van der Waals surface area (Å²) in [4.78, 5) is 37.6. The summed E-state index contributed by atoms with van der Waals surface area (Å²) in [6.07, 6.45) is 0. The van der Waals surface area contributed by atoms with Crippen molar-refractivity contribution in [2.24, 2.45) is 0 Å². The van der Waals surface area contributed by atoms with Crippen LogP contribution in [0.3, 0.4) is 0 Å². The molecule has 0 aliphatic rings. The van der Waals surface area contributed by atoms with Crippen LogP contribution in [0.15, 0.2) is 42.5 Å². The number of Topliss-reactive ketones (excluding diaryl/α,β-unsaturated/α-hetero) is 1. The number of carbonyl (C=O) groups excluding carboxylic acids is 1. The predicted octanol–water partition coefficient (Wildman–Crippen LogP) is 3.88. The van der Waals surface area contributed by atoms with Gasteiger partial charge in [0.05, 0.1) is 10.6 Å². The SMILES string of the molecule is Cc1ccc(OCC(=O)c2cc(C)n(-c3cccc([N+](=O)[O-])c3)c2C)c([N+](=O)[O-])n1. The van der Waals surface area contributed by atoms with Gasteiger partial charge >= 0.3 is 5.82 Å². The first-order valence-electron chi connectivity index (χ1n) is 8.91. The number of carbonyl (C=O) groups is 1. The van der Waals surface area contributed by atoms with Gasteiger partial charge in [0.2, 0.25) is 11.5 Å². The molecular formula is C20H18N4O6. The van der Waals surface area contributed by atoms with E-state index in [1.54, 1.807) is 49.6 Å². The highest BCUT2D eigenvalue weighted by molar-refractivity contribution is 5.98. The van der Waals surface area contributed by atoms with Gasteiger partial charge in [0.1, 0.15) is 5.69 Å². The minimum absolute atomic E-state index is 0.0598. The summed E-state index contributed by atoms with van der Waals surface area (Å²) in [5, 5.41) is 22.2. The van der Waals surface area contributed by atoms with Crippen LogP contribution in [-0.2, 0) is 0 Å². The number of rotatable bonds is 7. The van der Waals surface area contributed by atoms with Crippen molar-refractivity contribution >= 4 is 17.3 Å². The maximum atomic E-state index is 12.7. The van der Waals surface area contributed by atoms with Crippen molar-refractivity contribution in [1.82, 2.24) is 9.55 Å². The van der Waals surface area contributed by atoms with Crippen molar-refractivity contribution in [2.45, 2.75) is 20.8 Å². The smallest absolute Gasteiger partial charge is 0.406 e. The minimum atomic E-state index is -0.666. The Bertz CT molecular complexity index is 1170. The third-order valence-corrected chi connectivity index (χ3v) is 4.54. The zero-order chi connectivity index (χ0) is 22.0. The summed E-state index contributed by atoms with van der Waals surface area (Å²) in [5.41, 5.74) is 2.60. The Morgan fingerprint density at radius 2 is 1.80 bits per heavy atom. The molecule has 154 valence electrons. The molecule has 0 unspecified atom stereocenters. The lowest BCUT2D eigenvalue weighted by Gasteiger charge is -2.10. The number of nitro groups is 2. The highest BCUT2D eigenvalue weighted by Gasteiger charge is 2.22. The molecule has 30 heavy (non-hydrogen) atoms. The van der Waals surface area contributed by atoms with Crippen LogP contribution in [0.1, 0.15) is 27.4 Å². The second-order valence-electron chi connectivity index (χ2n) is 6.64. The van der Waals surface area contributed by atoms with Crippen LogP contribution >= 0.6 is 0 Å². The second-order valence-corrected chi connectivity index (χ2v) is 6.64. The van der Waals surface area contributed by atoms with Crippen molar-refractivity contribution < 1.29 is 19.4 Å². The molecule has 1 aromatic carbocycles. The number of benzene rings is 1. The van der Waals surface area contributed by atoms with E-state index in [-0.39, 0.29) is 17.2 Å². The summed E-state index contributed by atoms with van der Waals surface area (Å²) in [6.45, 7) is 4.70. The number of aromatic nitrogens is 2.